The van der Waals surface area contributed by atoms with Gasteiger partial charge < -0.3 is 9.31 Å². The first-order valence-corrected chi connectivity index (χ1v) is 7.99. The molecule has 2 aromatic rings. The molecule has 1 aliphatic heterocycles. The van der Waals surface area contributed by atoms with Crippen molar-refractivity contribution in [2.45, 2.75) is 43.8 Å². The molecule has 1 heterocycles. The molecule has 2 aromatic carbocycles. The Morgan fingerprint density at radius 2 is 1.27 bits per heavy atom. The summed E-state index contributed by atoms with van der Waals surface area (Å²) in [5.41, 5.74) is 2.56. The lowest BCUT2D eigenvalue weighted by molar-refractivity contribution is 0.00578. The summed E-state index contributed by atoms with van der Waals surface area (Å²) in [4.78, 5) is 0.950. The first-order chi connectivity index (χ1) is 10.3. The lowest BCUT2D eigenvalue weighted by atomic mass is 9.74. The van der Waals surface area contributed by atoms with Crippen LogP contribution in [0.3, 0.4) is 0 Å². The summed E-state index contributed by atoms with van der Waals surface area (Å²) in [6.45, 7) is 8.29. The molecule has 0 unspecified atom stereocenters. The van der Waals surface area contributed by atoms with Crippen LogP contribution in [0.4, 0.5) is 0 Å². The van der Waals surface area contributed by atoms with E-state index >= 15 is 0 Å². The van der Waals surface area contributed by atoms with Gasteiger partial charge in [0.25, 0.3) is 0 Å². The monoisotopic (exact) mass is 312 g/mol. The normalized spacial score (nSPS) is 19.4. The standard InChI is InChI=1S/C18H21BO2S/c1-17(2)18(3,4)21-19(20-17)15-11-7-5-9-13(15)14-10-6-8-12-16(14)22/h5-12,22H,1-4H3. The van der Waals surface area contributed by atoms with Gasteiger partial charge in [0.1, 0.15) is 0 Å². The highest BCUT2D eigenvalue weighted by atomic mass is 32.1. The van der Waals surface area contributed by atoms with Crippen LogP contribution in [0.5, 0.6) is 0 Å². The summed E-state index contributed by atoms with van der Waals surface area (Å²) in [7, 11) is -0.367. The largest absolute Gasteiger partial charge is 0.495 e. The van der Waals surface area contributed by atoms with E-state index in [1.54, 1.807) is 0 Å². The van der Waals surface area contributed by atoms with Gasteiger partial charge in [0.15, 0.2) is 0 Å². The van der Waals surface area contributed by atoms with Crippen molar-refractivity contribution in [3.63, 3.8) is 0 Å². The zero-order chi connectivity index (χ0) is 16.0. The zero-order valence-electron chi connectivity index (χ0n) is 13.5. The fourth-order valence-corrected chi connectivity index (χ4v) is 2.90. The molecule has 114 valence electrons. The maximum Gasteiger partial charge on any atom is 0.495 e. The van der Waals surface area contributed by atoms with Crippen LogP contribution < -0.4 is 5.46 Å². The Labute approximate surface area is 138 Å². The Morgan fingerprint density at radius 1 is 0.773 bits per heavy atom. The van der Waals surface area contributed by atoms with Crippen LogP contribution >= 0.6 is 12.6 Å². The summed E-state index contributed by atoms with van der Waals surface area (Å²) >= 11 is 4.59. The predicted octanol–water partition coefficient (Wildman–Crippen LogP) is 3.94. The highest BCUT2D eigenvalue weighted by Crippen LogP contribution is 2.37. The summed E-state index contributed by atoms with van der Waals surface area (Å²) in [6, 6.07) is 16.3. The van der Waals surface area contributed by atoms with E-state index in [1.807, 2.05) is 30.3 Å². The molecule has 1 saturated heterocycles. The molecule has 0 amide bonds. The molecule has 0 aromatic heterocycles. The molecule has 0 saturated carbocycles. The van der Waals surface area contributed by atoms with Crippen molar-refractivity contribution < 1.29 is 9.31 Å². The van der Waals surface area contributed by atoms with Crippen molar-refractivity contribution in [2.75, 3.05) is 0 Å². The van der Waals surface area contributed by atoms with Gasteiger partial charge in [0.2, 0.25) is 0 Å². The average Bonchev–Trinajstić information content (AvgIpc) is 2.68. The van der Waals surface area contributed by atoms with Gasteiger partial charge in [0.05, 0.1) is 11.2 Å². The van der Waals surface area contributed by atoms with Crippen molar-refractivity contribution >= 4 is 25.2 Å². The Morgan fingerprint density at radius 3 is 1.86 bits per heavy atom. The van der Waals surface area contributed by atoms with Gasteiger partial charge in [-0.25, -0.2) is 0 Å². The first kappa shape index (κ1) is 15.7. The average molecular weight is 312 g/mol. The summed E-state index contributed by atoms with van der Waals surface area (Å²) in [6.07, 6.45) is 0. The summed E-state index contributed by atoms with van der Waals surface area (Å²) < 4.78 is 12.4. The zero-order valence-corrected chi connectivity index (χ0v) is 14.4. The number of benzene rings is 2. The minimum absolute atomic E-state index is 0.342. The van der Waals surface area contributed by atoms with Gasteiger partial charge in [-0.15, -0.1) is 12.6 Å². The molecule has 2 nitrogen and oxygen atoms in total. The van der Waals surface area contributed by atoms with Gasteiger partial charge in [-0.3, -0.25) is 0 Å². The van der Waals surface area contributed by atoms with Crippen LogP contribution in [0.25, 0.3) is 11.1 Å². The summed E-state index contributed by atoms with van der Waals surface area (Å²) in [5.74, 6) is 0. The molecule has 0 spiro atoms. The number of rotatable bonds is 2. The minimum atomic E-state index is -0.367. The third kappa shape index (κ3) is 2.60. The third-order valence-corrected chi connectivity index (χ3v) is 5.05. The van der Waals surface area contributed by atoms with Gasteiger partial charge >= 0.3 is 7.12 Å². The van der Waals surface area contributed by atoms with E-state index in [-0.39, 0.29) is 18.3 Å². The van der Waals surface area contributed by atoms with E-state index in [0.29, 0.717) is 0 Å². The quantitative estimate of drug-likeness (QED) is 0.669. The molecule has 0 atom stereocenters. The van der Waals surface area contributed by atoms with E-state index in [1.165, 1.54) is 0 Å². The molecule has 4 heteroatoms. The Bertz CT molecular complexity index is 681. The summed E-state index contributed by atoms with van der Waals surface area (Å²) in [5, 5.41) is 0. The smallest absolute Gasteiger partial charge is 0.399 e. The molecule has 0 aliphatic carbocycles. The molecule has 3 rings (SSSR count). The van der Waals surface area contributed by atoms with Crippen molar-refractivity contribution in [2.24, 2.45) is 0 Å². The van der Waals surface area contributed by atoms with Crippen LogP contribution in [0, 0.1) is 0 Å². The topological polar surface area (TPSA) is 18.5 Å². The fraction of sp³-hybridized carbons (Fsp3) is 0.333. The van der Waals surface area contributed by atoms with Crippen molar-refractivity contribution in [1.82, 2.24) is 0 Å². The van der Waals surface area contributed by atoms with Crippen molar-refractivity contribution in [3.8, 4) is 11.1 Å². The Balaban J connectivity index is 2.06. The van der Waals surface area contributed by atoms with Crippen molar-refractivity contribution in [1.29, 1.82) is 0 Å². The van der Waals surface area contributed by atoms with Crippen LogP contribution in [-0.2, 0) is 9.31 Å². The molecule has 22 heavy (non-hydrogen) atoms. The van der Waals surface area contributed by atoms with E-state index < -0.39 is 0 Å². The number of hydrogen-bond acceptors (Lipinski definition) is 3. The van der Waals surface area contributed by atoms with Gasteiger partial charge in [-0.2, -0.15) is 0 Å². The minimum Gasteiger partial charge on any atom is -0.399 e. The predicted molar refractivity (Wildman–Crippen MR) is 94.8 cm³/mol. The van der Waals surface area contributed by atoms with Crippen LogP contribution in [-0.4, -0.2) is 18.3 Å². The second-order valence-electron chi connectivity index (χ2n) is 6.69. The Hall–Kier alpha value is -1.23. The van der Waals surface area contributed by atoms with E-state index in [9.17, 15) is 0 Å². The molecule has 0 N–H and O–H groups in total. The van der Waals surface area contributed by atoms with E-state index in [2.05, 4.69) is 58.5 Å². The second kappa shape index (κ2) is 5.45. The number of hydrogen-bond donors (Lipinski definition) is 1. The molecule has 0 bridgehead atoms. The van der Waals surface area contributed by atoms with Crippen LogP contribution in [0.15, 0.2) is 53.4 Å². The van der Waals surface area contributed by atoms with E-state index in [4.69, 9.17) is 9.31 Å². The maximum absolute atomic E-state index is 6.20. The molecule has 1 aliphatic rings. The van der Waals surface area contributed by atoms with Crippen LogP contribution in [0.2, 0.25) is 0 Å². The lowest BCUT2D eigenvalue weighted by Gasteiger charge is -2.32. The fourth-order valence-electron chi connectivity index (χ4n) is 2.62. The number of thiol groups is 1. The third-order valence-electron chi connectivity index (χ3n) is 4.66. The van der Waals surface area contributed by atoms with Crippen molar-refractivity contribution in [3.05, 3.63) is 48.5 Å². The Kier molecular flexibility index (Phi) is 3.88. The maximum atomic E-state index is 6.20. The molecular weight excluding hydrogens is 291 g/mol. The SMILES string of the molecule is CC1(C)OB(c2ccccc2-c2ccccc2S)OC1(C)C. The second-order valence-corrected chi connectivity index (χ2v) is 7.17. The van der Waals surface area contributed by atoms with Gasteiger partial charge in [-0.1, -0.05) is 42.5 Å². The molecular formula is C18H21BO2S. The molecule has 0 radical (unpaired) electrons. The highest BCUT2D eigenvalue weighted by Gasteiger charge is 2.52. The first-order valence-electron chi connectivity index (χ1n) is 7.55. The van der Waals surface area contributed by atoms with Gasteiger partial charge in [-0.05, 0) is 50.4 Å². The highest BCUT2D eigenvalue weighted by molar-refractivity contribution is 7.80. The van der Waals surface area contributed by atoms with E-state index in [0.717, 1.165) is 21.5 Å². The van der Waals surface area contributed by atoms with Crippen LogP contribution in [0.1, 0.15) is 27.7 Å². The lowest BCUT2D eigenvalue weighted by Crippen LogP contribution is -2.41. The molecule has 1 fully saturated rings. The van der Waals surface area contributed by atoms with Gasteiger partial charge in [0, 0.05) is 4.90 Å².